The van der Waals surface area contributed by atoms with Crippen LogP contribution in [0.2, 0.25) is 0 Å². The van der Waals surface area contributed by atoms with Gasteiger partial charge in [-0.25, -0.2) is 13.8 Å². The highest BCUT2D eigenvalue weighted by molar-refractivity contribution is 7.09. The Labute approximate surface area is 157 Å². The van der Waals surface area contributed by atoms with Crippen molar-refractivity contribution in [3.8, 4) is 0 Å². The van der Waals surface area contributed by atoms with E-state index >= 15 is 0 Å². The predicted molar refractivity (Wildman–Crippen MR) is 97.7 cm³/mol. The first-order chi connectivity index (χ1) is 12.5. The van der Waals surface area contributed by atoms with Gasteiger partial charge in [-0.2, -0.15) is 16.4 Å². The molecular formula is C17H18F2N4OS2. The summed E-state index contributed by atoms with van der Waals surface area (Å²) in [6, 6.07) is 2.34. The van der Waals surface area contributed by atoms with Gasteiger partial charge in [0.15, 0.2) is 0 Å². The number of carbonyl (C=O) groups is 1. The quantitative estimate of drug-likeness (QED) is 0.647. The molecule has 138 valence electrons. The molecule has 0 bridgehead atoms. The van der Waals surface area contributed by atoms with Crippen molar-refractivity contribution in [3.63, 3.8) is 0 Å². The summed E-state index contributed by atoms with van der Waals surface area (Å²) in [4.78, 5) is 17.0. The van der Waals surface area contributed by atoms with Gasteiger partial charge >= 0.3 is 0 Å². The third-order valence-corrected chi connectivity index (χ3v) is 5.62. The Morgan fingerprint density at radius 3 is 2.77 bits per heavy atom. The third-order valence-electron chi connectivity index (χ3n) is 4.00. The number of halogens is 2. The Morgan fingerprint density at radius 2 is 2.19 bits per heavy atom. The Bertz CT molecular complexity index is 846. The summed E-state index contributed by atoms with van der Waals surface area (Å²) >= 11 is 3.06. The van der Waals surface area contributed by atoms with Crippen LogP contribution < -0.4 is 5.32 Å². The number of nitrogens with zero attached hydrogens (tertiary/aromatic N) is 3. The van der Waals surface area contributed by atoms with Crippen LogP contribution in [0.3, 0.4) is 0 Å². The van der Waals surface area contributed by atoms with Crippen LogP contribution in [0.15, 0.2) is 34.5 Å². The summed E-state index contributed by atoms with van der Waals surface area (Å²) in [6.07, 6.45) is -0.342. The number of amides is 1. The molecule has 0 aliphatic rings. The maximum atomic E-state index is 12.9. The molecule has 5 nitrogen and oxygen atoms in total. The second kappa shape index (κ2) is 8.05. The van der Waals surface area contributed by atoms with Gasteiger partial charge in [-0.3, -0.25) is 9.48 Å². The molecule has 3 heterocycles. The van der Waals surface area contributed by atoms with Gasteiger partial charge in [-0.1, -0.05) is 0 Å². The lowest BCUT2D eigenvalue weighted by atomic mass is 10.1. The third kappa shape index (κ3) is 4.16. The number of hydrogen-bond acceptors (Lipinski definition) is 5. The van der Waals surface area contributed by atoms with E-state index in [9.17, 15) is 13.6 Å². The molecule has 0 saturated heterocycles. The standard InChI is InChI=1S/C17H18F2N4OS2/c1-10-7-13(15(18)19)22-23(10)11(2)16(24)21-14(17-20-4-6-26-17)8-12-3-5-25-9-12/h3-7,9,11,14-15H,8H2,1-2H3,(H,21,24). The van der Waals surface area contributed by atoms with Gasteiger partial charge < -0.3 is 5.32 Å². The van der Waals surface area contributed by atoms with Crippen molar-refractivity contribution in [2.75, 3.05) is 0 Å². The maximum absolute atomic E-state index is 12.9. The first-order valence-corrected chi connectivity index (χ1v) is 9.83. The van der Waals surface area contributed by atoms with E-state index in [0.29, 0.717) is 12.1 Å². The van der Waals surface area contributed by atoms with Gasteiger partial charge in [0.25, 0.3) is 6.43 Å². The number of alkyl halides is 2. The zero-order chi connectivity index (χ0) is 18.7. The lowest BCUT2D eigenvalue weighted by Gasteiger charge is -2.20. The molecule has 2 unspecified atom stereocenters. The number of hydrogen-bond donors (Lipinski definition) is 1. The molecule has 0 radical (unpaired) electrons. The van der Waals surface area contributed by atoms with Crippen LogP contribution in [0, 0.1) is 6.92 Å². The van der Waals surface area contributed by atoms with Crippen molar-refractivity contribution >= 4 is 28.6 Å². The molecule has 0 aromatic carbocycles. The zero-order valence-corrected chi connectivity index (χ0v) is 15.9. The highest BCUT2D eigenvalue weighted by atomic mass is 32.1. The van der Waals surface area contributed by atoms with Crippen molar-refractivity contribution in [3.05, 3.63) is 56.4 Å². The number of thiophene rings is 1. The van der Waals surface area contributed by atoms with Crippen molar-refractivity contribution in [1.82, 2.24) is 20.1 Å². The molecule has 0 saturated carbocycles. The SMILES string of the molecule is Cc1cc(C(F)F)nn1C(C)C(=O)NC(Cc1ccsc1)c1nccs1. The molecule has 3 rings (SSSR count). The average Bonchev–Trinajstić information content (AvgIpc) is 3.35. The van der Waals surface area contributed by atoms with E-state index in [4.69, 9.17) is 0 Å². The lowest BCUT2D eigenvalue weighted by Crippen LogP contribution is -2.35. The van der Waals surface area contributed by atoms with E-state index in [2.05, 4.69) is 15.4 Å². The molecule has 3 aromatic rings. The highest BCUT2D eigenvalue weighted by Crippen LogP contribution is 2.24. The Morgan fingerprint density at radius 1 is 1.38 bits per heavy atom. The molecule has 26 heavy (non-hydrogen) atoms. The topological polar surface area (TPSA) is 59.8 Å². The largest absolute Gasteiger partial charge is 0.345 e. The number of carbonyl (C=O) groups excluding carboxylic acids is 1. The normalized spacial score (nSPS) is 13.7. The van der Waals surface area contributed by atoms with Crippen molar-refractivity contribution in [2.24, 2.45) is 0 Å². The van der Waals surface area contributed by atoms with Crippen molar-refractivity contribution < 1.29 is 13.6 Å². The minimum atomic E-state index is -2.66. The molecule has 0 fully saturated rings. The lowest BCUT2D eigenvalue weighted by molar-refractivity contribution is -0.125. The van der Waals surface area contributed by atoms with E-state index < -0.39 is 12.5 Å². The van der Waals surface area contributed by atoms with Gasteiger partial charge in [0, 0.05) is 23.7 Å². The second-order valence-electron chi connectivity index (χ2n) is 5.90. The van der Waals surface area contributed by atoms with Crippen LogP contribution in [0.1, 0.15) is 47.4 Å². The fraction of sp³-hybridized carbons (Fsp3) is 0.353. The second-order valence-corrected chi connectivity index (χ2v) is 7.61. The minimum absolute atomic E-state index is 0.273. The van der Waals surface area contributed by atoms with E-state index in [0.717, 1.165) is 10.6 Å². The molecule has 1 N–H and O–H groups in total. The van der Waals surface area contributed by atoms with Crippen molar-refractivity contribution in [1.29, 1.82) is 0 Å². The number of rotatable bonds is 7. The van der Waals surface area contributed by atoms with Crippen LogP contribution >= 0.6 is 22.7 Å². The smallest absolute Gasteiger partial charge is 0.282 e. The minimum Gasteiger partial charge on any atom is -0.345 e. The average molecular weight is 396 g/mol. The molecular weight excluding hydrogens is 378 g/mol. The van der Waals surface area contributed by atoms with Gasteiger partial charge in [-0.15, -0.1) is 11.3 Å². The summed E-state index contributed by atoms with van der Waals surface area (Å²) in [5, 5.41) is 13.5. The van der Waals surface area contributed by atoms with Crippen LogP contribution in [0.25, 0.3) is 0 Å². The fourth-order valence-electron chi connectivity index (χ4n) is 2.67. The molecule has 0 aliphatic heterocycles. The number of aryl methyl sites for hydroxylation is 1. The van der Waals surface area contributed by atoms with Gasteiger partial charge in [0.2, 0.25) is 5.91 Å². The van der Waals surface area contributed by atoms with Gasteiger partial charge in [0.05, 0.1) is 6.04 Å². The molecule has 9 heteroatoms. The van der Waals surface area contributed by atoms with E-state index in [1.807, 2.05) is 22.2 Å². The van der Waals surface area contributed by atoms with Gasteiger partial charge in [0.1, 0.15) is 16.7 Å². The summed E-state index contributed by atoms with van der Waals surface area (Å²) in [5.41, 5.74) is 1.31. The monoisotopic (exact) mass is 396 g/mol. The van der Waals surface area contributed by atoms with Gasteiger partial charge in [-0.05, 0) is 42.3 Å². The highest BCUT2D eigenvalue weighted by Gasteiger charge is 2.25. The molecule has 0 spiro atoms. The summed E-state index contributed by atoms with van der Waals surface area (Å²) < 4.78 is 27.0. The molecule has 3 aromatic heterocycles. The van der Waals surface area contributed by atoms with E-state index in [1.54, 1.807) is 31.4 Å². The van der Waals surface area contributed by atoms with Crippen LogP contribution in [-0.2, 0) is 11.2 Å². The first-order valence-electron chi connectivity index (χ1n) is 8.00. The van der Waals surface area contributed by atoms with E-state index in [1.165, 1.54) is 22.1 Å². The van der Waals surface area contributed by atoms with E-state index in [-0.39, 0.29) is 17.6 Å². The van der Waals surface area contributed by atoms with Crippen LogP contribution in [-0.4, -0.2) is 20.7 Å². The van der Waals surface area contributed by atoms with Crippen LogP contribution in [0.4, 0.5) is 8.78 Å². The molecule has 1 amide bonds. The zero-order valence-electron chi connectivity index (χ0n) is 14.2. The predicted octanol–water partition coefficient (Wildman–Crippen LogP) is 4.31. The number of nitrogens with one attached hydrogen (secondary N) is 1. The van der Waals surface area contributed by atoms with Crippen molar-refractivity contribution in [2.45, 2.75) is 38.8 Å². The molecule has 0 aliphatic carbocycles. The molecule has 2 atom stereocenters. The summed E-state index contributed by atoms with van der Waals surface area (Å²) in [6.45, 7) is 3.31. The van der Waals surface area contributed by atoms with Crippen LogP contribution in [0.5, 0.6) is 0 Å². The Kier molecular flexibility index (Phi) is 5.77. The Balaban J connectivity index is 1.76. The summed E-state index contributed by atoms with van der Waals surface area (Å²) in [7, 11) is 0. The summed E-state index contributed by atoms with van der Waals surface area (Å²) in [5.74, 6) is -0.285. The number of thiazole rings is 1. The number of aromatic nitrogens is 3. The fourth-order valence-corrected chi connectivity index (χ4v) is 4.04. The first kappa shape index (κ1) is 18.7. The maximum Gasteiger partial charge on any atom is 0.282 e. The Hall–Kier alpha value is -2.13.